The largest absolute Gasteiger partial charge is 0.481 e. The van der Waals surface area contributed by atoms with Crippen molar-refractivity contribution < 1.29 is 9.90 Å². The number of hydrogen-bond acceptors (Lipinski definition) is 5. The number of hydrogen-bond donors (Lipinski definition) is 1. The number of carboxylic acids is 1. The highest BCUT2D eigenvalue weighted by Crippen LogP contribution is 2.27. The van der Waals surface area contributed by atoms with Crippen LogP contribution in [0.3, 0.4) is 0 Å². The summed E-state index contributed by atoms with van der Waals surface area (Å²) in [5.74, 6) is -0.113. The lowest BCUT2D eigenvalue weighted by Gasteiger charge is -2.18. The van der Waals surface area contributed by atoms with Gasteiger partial charge < -0.3 is 5.11 Å². The van der Waals surface area contributed by atoms with Crippen LogP contribution in [0.15, 0.2) is 0 Å². The fourth-order valence-electron chi connectivity index (χ4n) is 1.64. The zero-order chi connectivity index (χ0) is 11.5. The number of aromatic nitrogens is 4. The van der Waals surface area contributed by atoms with E-state index in [1.807, 2.05) is 0 Å². The van der Waals surface area contributed by atoms with Crippen LogP contribution in [-0.2, 0) is 18.4 Å². The Bertz CT molecular complexity index is 374. The first-order valence-electron chi connectivity index (χ1n) is 5.34. The molecule has 1 aliphatic rings. The lowest BCUT2D eigenvalue weighted by molar-refractivity contribution is -0.137. The number of carboxylic acid groups (broad SMARTS) is 1. The Morgan fingerprint density at radius 3 is 2.88 bits per heavy atom. The van der Waals surface area contributed by atoms with Gasteiger partial charge in [-0.1, -0.05) is 0 Å². The monoisotopic (exact) mass is 225 g/mol. The second-order valence-corrected chi connectivity index (χ2v) is 4.04. The molecule has 16 heavy (non-hydrogen) atoms. The second-order valence-electron chi connectivity index (χ2n) is 4.04. The first-order chi connectivity index (χ1) is 7.65. The van der Waals surface area contributed by atoms with Crippen molar-refractivity contribution in [2.45, 2.75) is 31.8 Å². The summed E-state index contributed by atoms with van der Waals surface area (Å²) in [5, 5.41) is 20.4. The maximum Gasteiger partial charge on any atom is 0.304 e. The van der Waals surface area contributed by atoms with Crippen molar-refractivity contribution in [3.8, 4) is 0 Å². The quantitative estimate of drug-likeness (QED) is 0.712. The Balaban J connectivity index is 1.89. The van der Waals surface area contributed by atoms with Gasteiger partial charge in [0.05, 0.1) is 20.0 Å². The van der Waals surface area contributed by atoms with E-state index >= 15 is 0 Å². The molecule has 1 heterocycles. The predicted octanol–water partition coefficient (Wildman–Crippen LogP) is -0.351. The summed E-state index contributed by atoms with van der Waals surface area (Å²) in [4.78, 5) is 14.1. The molecule has 88 valence electrons. The minimum atomic E-state index is -0.766. The Morgan fingerprint density at radius 2 is 2.38 bits per heavy atom. The van der Waals surface area contributed by atoms with Gasteiger partial charge in [0.2, 0.25) is 0 Å². The molecule has 0 amide bonds. The van der Waals surface area contributed by atoms with Crippen LogP contribution in [0.4, 0.5) is 0 Å². The Kier molecular flexibility index (Phi) is 3.14. The number of nitrogens with zero attached hydrogens (tertiary/aromatic N) is 5. The summed E-state index contributed by atoms with van der Waals surface area (Å²) in [6.45, 7) is 1.14. The molecule has 1 aromatic rings. The molecule has 1 aliphatic carbocycles. The normalized spacial score (nSPS) is 15.6. The van der Waals surface area contributed by atoms with E-state index in [1.165, 1.54) is 4.80 Å². The maximum absolute atomic E-state index is 10.5. The minimum Gasteiger partial charge on any atom is -0.481 e. The van der Waals surface area contributed by atoms with Crippen molar-refractivity contribution in [3.05, 3.63) is 5.82 Å². The van der Waals surface area contributed by atoms with Crippen LogP contribution < -0.4 is 0 Å². The molecule has 7 heteroatoms. The average molecular weight is 225 g/mol. The molecule has 0 radical (unpaired) electrons. The molecule has 7 nitrogen and oxygen atoms in total. The standard InChI is InChI=1S/C9H15N5O2/c1-13-11-8(10-12-13)6-14(7-2-3-7)5-4-9(15)16/h7H,2-6H2,1H3,(H,15,16). The minimum absolute atomic E-state index is 0.163. The Hall–Kier alpha value is -1.50. The summed E-state index contributed by atoms with van der Waals surface area (Å²) < 4.78 is 0. The third kappa shape index (κ3) is 2.99. The summed E-state index contributed by atoms with van der Waals surface area (Å²) in [6.07, 6.45) is 2.44. The molecule has 0 aliphatic heterocycles. The van der Waals surface area contributed by atoms with Crippen LogP contribution in [0.2, 0.25) is 0 Å². The van der Waals surface area contributed by atoms with Gasteiger partial charge in [-0.05, 0) is 18.1 Å². The van der Waals surface area contributed by atoms with Crippen LogP contribution >= 0.6 is 0 Å². The van der Waals surface area contributed by atoms with Gasteiger partial charge in [-0.3, -0.25) is 9.69 Å². The van der Waals surface area contributed by atoms with Crippen LogP contribution in [0.1, 0.15) is 25.1 Å². The molecule has 0 bridgehead atoms. The Labute approximate surface area is 93.0 Å². The van der Waals surface area contributed by atoms with Gasteiger partial charge in [0.15, 0.2) is 5.82 Å². The summed E-state index contributed by atoms with van der Waals surface area (Å²) in [5.41, 5.74) is 0. The van der Waals surface area contributed by atoms with Crippen LogP contribution in [0.25, 0.3) is 0 Å². The highest BCUT2D eigenvalue weighted by molar-refractivity contribution is 5.66. The van der Waals surface area contributed by atoms with E-state index < -0.39 is 5.97 Å². The summed E-state index contributed by atoms with van der Waals surface area (Å²) in [6, 6.07) is 0.503. The maximum atomic E-state index is 10.5. The summed E-state index contributed by atoms with van der Waals surface area (Å²) in [7, 11) is 1.72. The third-order valence-corrected chi connectivity index (χ3v) is 2.57. The Morgan fingerprint density at radius 1 is 1.62 bits per heavy atom. The fraction of sp³-hybridized carbons (Fsp3) is 0.778. The molecule has 0 unspecified atom stereocenters. The molecule has 2 rings (SSSR count). The molecule has 1 aromatic heterocycles. The van der Waals surface area contributed by atoms with E-state index in [1.54, 1.807) is 7.05 Å². The molecule has 1 saturated carbocycles. The lowest BCUT2D eigenvalue weighted by Crippen LogP contribution is -2.28. The van der Waals surface area contributed by atoms with Gasteiger partial charge in [-0.2, -0.15) is 4.80 Å². The number of carbonyl (C=O) groups is 1. The van der Waals surface area contributed by atoms with E-state index in [0.29, 0.717) is 25.0 Å². The third-order valence-electron chi connectivity index (χ3n) is 2.57. The molecule has 0 saturated heterocycles. The zero-order valence-corrected chi connectivity index (χ0v) is 9.20. The van der Waals surface area contributed by atoms with Gasteiger partial charge in [-0.25, -0.2) is 0 Å². The molecule has 0 spiro atoms. The lowest BCUT2D eigenvalue weighted by atomic mass is 10.3. The van der Waals surface area contributed by atoms with E-state index in [-0.39, 0.29) is 6.42 Å². The van der Waals surface area contributed by atoms with Crippen molar-refractivity contribution in [2.75, 3.05) is 6.54 Å². The number of aliphatic carboxylic acids is 1. The molecule has 1 N–H and O–H groups in total. The first-order valence-corrected chi connectivity index (χ1v) is 5.34. The predicted molar refractivity (Wildman–Crippen MR) is 54.5 cm³/mol. The molecular formula is C9H15N5O2. The zero-order valence-electron chi connectivity index (χ0n) is 9.20. The van der Waals surface area contributed by atoms with Gasteiger partial charge in [0, 0.05) is 12.6 Å². The van der Waals surface area contributed by atoms with Crippen molar-refractivity contribution >= 4 is 5.97 Å². The smallest absolute Gasteiger partial charge is 0.304 e. The van der Waals surface area contributed by atoms with E-state index in [9.17, 15) is 4.79 Å². The van der Waals surface area contributed by atoms with Crippen LogP contribution in [-0.4, -0.2) is 48.8 Å². The first kappa shape index (κ1) is 11.0. The van der Waals surface area contributed by atoms with Crippen molar-refractivity contribution in [2.24, 2.45) is 7.05 Å². The fourth-order valence-corrected chi connectivity index (χ4v) is 1.64. The highest BCUT2D eigenvalue weighted by Gasteiger charge is 2.29. The molecule has 0 atom stereocenters. The van der Waals surface area contributed by atoms with Crippen molar-refractivity contribution in [3.63, 3.8) is 0 Å². The number of tetrazole rings is 1. The molecular weight excluding hydrogens is 210 g/mol. The van der Waals surface area contributed by atoms with Gasteiger partial charge >= 0.3 is 5.97 Å². The van der Waals surface area contributed by atoms with E-state index in [4.69, 9.17) is 5.11 Å². The van der Waals surface area contributed by atoms with Gasteiger partial charge in [0.25, 0.3) is 0 Å². The molecule has 0 aromatic carbocycles. The second kappa shape index (κ2) is 4.56. The average Bonchev–Trinajstić information content (AvgIpc) is 2.98. The van der Waals surface area contributed by atoms with Crippen LogP contribution in [0, 0.1) is 0 Å². The SMILES string of the molecule is Cn1nnc(CN(CCC(=O)O)C2CC2)n1. The van der Waals surface area contributed by atoms with E-state index in [2.05, 4.69) is 20.3 Å². The highest BCUT2D eigenvalue weighted by atomic mass is 16.4. The van der Waals surface area contributed by atoms with E-state index in [0.717, 1.165) is 12.8 Å². The number of rotatable bonds is 6. The molecule has 1 fully saturated rings. The number of aryl methyl sites for hydroxylation is 1. The topological polar surface area (TPSA) is 84.1 Å². The van der Waals surface area contributed by atoms with Gasteiger partial charge in [-0.15, -0.1) is 10.2 Å². The van der Waals surface area contributed by atoms with Crippen molar-refractivity contribution in [1.82, 2.24) is 25.1 Å². The van der Waals surface area contributed by atoms with Crippen molar-refractivity contribution in [1.29, 1.82) is 0 Å². The van der Waals surface area contributed by atoms with Gasteiger partial charge in [0.1, 0.15) is 0 Å². The van der Waals surface area contributed by atoms with Crippen LogP contribution in [0.5, 0.6) is 0 Å². The summed E-state index contributed by atoms with van der Waals surface area (Å²) >= 11 is 0.